The molecule has 0 atom stereocenters. The number of nitrogens with one attached hydrogen (secondary N) is 2. The molecule has 0 unspecified atom stereocenters. The maximum Gasteiger partial charge on any atom is 0.106 e. The molecule has 0 aromatic carbocycles. The zero-order valence-corrected chi connectivity index (χ0v) is 10.9. The molecule has 0 spiro atoms. The lowest BCUT2D eigenvalue weighted by molar-refractivity contribution is 1.24. The first kappa shape index (κ1) is 12.8. The number of pyridine rings is 2. The second-order valence-electron chi connectivity index (χ2n) is 3.41. The predicted molar refractivity (Wildman–Crippen MR) is 72.7 cm³/mol. The van der Waals surface area contributed by atoms with Crippen LogP contribution in [-0.4, -0.2) is 9.97 Å². The van der Waals surface area contributed by atoms with Crippen molar-refractivity contribution in [3.8, 4) is 0 Å². The maximum atomic E-state index is 4.90. The average molecular weight is 250 g/mol. The van der Waals surface area contributed by atoms with Crippen LogP contribution in [0.4, 0.5) is 0 Å². The van der Waals surface area contributed by atoms with Crippen LogP contribution in [0.2, 0.25) is 0 Å². The molecule has 2 heterocycles. The predicted octanol–water partition coefficient (Wildman–Crippen LogP) is 4.11. The third-order valence-corrected chi connectivity index (χ3v) is 2.65. The molecular weight excluding hydrogens is 236 g/mol. The van der Waals surface area contributed by atoms with Crippen LogP contribution < -0.4 is 0 Å². The van der Waals surface area contributed by atoms with Crippen molar-refractivity contribution >= 4 is 24.4 Å². The fourth-order valence-corrected chi connectivity index (χ4v) is 1.26. The molecule has 16 heavy (non-hydrogen) atoms. The van der Waals surface area contributed by atoms with E-state index in [1.807, 2.05) is 50.5 Å². The molecule has 2 nitrogen and oxygen atoms in total. The summed E-state index contributed by atoms with van der Waals surface area (Å²) in [7, 11) is 0. The minimum absolute atomic E-state index is 0.788. The summed E-state index contributed by atoms with van der Waals surface area (Å²) >= 11 is 9.71. The number of hydrogen-bond acceptors (Lipinski definition) is 2. The first-order chi connectivity index (χ1) is 7.59. The van der Waals surface area contributed by atoms with Gasteiger partial charge < -0.3 is 9.97 Å². The Morgan fingerprint density at radius 2 is 1.75 bits per heavy atom. The van der Waals surface area contributed by atoms with Crippen molar-refractivity contribution < 1.29 is 0 Å². The van der Waals surface area contributed by atoms with Gasteiger partial charge in [0, 0.05) is 12.4 Å². The number of aryl methyl sites for hydroxylation is 2. The molecule has 4 heteroatoms. The van der Waals surface area contributed by atoms with Crippen LogP contribution in [0.5, 0.6) is 0 Å². The van der Waals surface area contributed by atoms with E-state index in [4.69, 9.17) is 24.4 Å². The van der Waals surface area contributed by atoms with Crippen LogP contribution >= 0.6 is 24.4 Å². The van der Waals surface area contributed by atoms with Crippen LogP contribution in [0.25, 0.3) is 0 Å². The molecule has 0 fully saturated rings. The SMILES string of the molecule is Cc1ccc(=S)[nH]c1.Cc1ccc[nH]c1=S. The topological polar surface area (TPSA) is 31.6 Å². The van der Waals surface area contributed by atoms with E-state index < -0.39 is 0 Å². The number of aromatic amines is 2. The Hall–Kier alpha value is -1.26. The lowest BCUT2D eigenvalue weighted by Crippen LogP contribution is -1.75. The molecule has 0 aliphatic heterocycles. The minimum atomic E-state index is 0.788. The third-order valence-electron chi connectivity index (χ3n) is 1.95. The lowest BCUT2D eigenvalue weighted by Gasteiger charge is -1.86. The summed E-state index contributed by atoms with van der Waals surface area (Å²) in [6.45, 7) is 4.00. The van der Waals surface area contributed by atoms with Gasteiger partial charge in [0.1, 0.15) is 9.28 Å². The highest BCUT2D eigenvalue weighted by Gasteiger charge is 1.79. The summed E-state index contributed by atoms with van der Waals surface area (Å²) < 4.78 is 1.61. The molecule has 2 aromatic rings. The van der Waals surface area contributed by atoms with E-state index in [1.165, 1.54) is 5.56 Å². The smallest absolute Gasteiger partial charge is 0.106 e. The Kier molecular flexibility index (Phi) is 5.08. The first-order valence-electron chi connectivity index (χ1n) is 4.89. The fourth-order valence-electron chi connectivity index (χ4n) is 0.994. The summed E-state index contributed by atoms with van der Waals surface area (Å²) in [6, 6.07) is 7.79. The normalized spacial score (nSPS) is 9.12. The van der Waals surface area contributed by atoms with Crippen molar-refractivity contribution in [2.75, 3.05) is 0 Å². The third kappa shape index (κ3) is 4.51. The van der Waals surface area contributed by atoms with E-state index in [-0.39, 0.29) is 0 Å². The largest absolute Gasteiger partial charge is 0.353 e. The van der Waals surface area contributed by atoms with E-state index in [1.54, 1.807) is 0 Å². The Bertz CT molecular complexity index is 535. The number of hydrogen-bond donors (Lipinski definition) is 2. The number of rotatable bonds is 0. The van der Waals surface area contributed by atoms with Gasteiger partial charge in [0.25, 0.3) is 0 Å². The van der Waals surface area contributed by atoms with Gasteiger partial charge in [-0.05, 0) is 37.1 Å². The highest BCUT2D eigenvalue weighted by molar-refractivity contribution is 7.71. The molecule has 2 rings (SSSR count). The van der Waals surface area contributed by atoms with E-state index in [0.29, 0.717) is 0 Å². The molecule has 0 radical (unpaired) electrons. The zero-order chi connectivity index (χ0) is 12.0. The Morgan fingerprint density at radius 1 is 1.00 bits per heavy atom. The molecule has 2 N–H and O–H groups in total. The summed E-state index contributed by atoms with van der Waals surface area (Å²) in [5.41, 5.74) is 2.33. The zero-order valence-electron chi connectivity index (χ0n) is 9.28. The van der Waals surface area contributed by atoms with Crippen LogP contribution in [0.1, 0.15) is 11.1 Å². The number of aromatic nitrogens is 2. The van der Waals surface area contributed by atoms with Crippen LogP contribution in [0.15, 0.2) is 36.7 Å². The second-order valence-corrected chi connectivity index (χ2v) is 4.26. The van der Waals surface area contributed by atoms with E-state index >= 15 is 0 Å². The van der Waals surface area contributed by atoms with Crippen LogP contribution in [0, 0.1) is 23.1 Å². The maximum absolute atomic E-state index is 4.90. The Labute approximate surface area is 105 Å². The molecule has 0 bridgehead atoms. The summed E-state index contributed by atoms with van der Waals surface area (Å²) in [4.78, 5) is 5.83. The summed E-state index contributed by atoms with van der Waals surface area (Å²) in [5.74, 6) is 0. The molecule has 84 valence electrons. The molecular formula is C12H14N2S2. The van der Waals surface area contributed by atoms with E-state index in [9.17, 15) is 0 Å². The van der Waals surface area contributed by atoms with Gasteiger partial charge in [0.05, 0.1) is 0 Å². The lowest BCUT2D eigenvalue weighted by atomic mass is 10.3. The molecule has 0 amide bonds. The molecule has 0 saturated heterocycles. The van der Waals surface area contributed by atoms with Crippen molar-refractivity contribution in [3.05, 3.63) is 57.1 Å². The van der Waals surface area contributed by atoms with Gasteiger partial charge in [-0.3, -0.25) is 0 Å². The summed E-state index contributed by atoms with van der Waals surface area (Å²) in [5, 5.41) is 0. The molecule has 0 saturated carbocycles. The van der Waals surface area contributed by atoms with Crippen molar-refractivity contribution in [2.45, 2.75) is 13.8 Å². The van der Waals surface area contributed by atoms with E-state index in [0.717, 1.165) is 14.8 Å². The summed E-state index contributed by atoms with van der Waals surface area (Å²) in [6.07, 6.45) is 3.72. The van der Waals surface area contributed by atoms with Crippen LogP contribution in [-0.2, 0) is 0 Å². The highest BCUT2D eigenvalue weighted by atomic mass is 32.1. The van der Waals surface area contributed by atoms with Gasteiger partial charge in [0.15, 0.2) is 0 Å². The monoisotopic (exact) mass is 250 g/mol. The Balaban J connectivity index is 0.000000160. The number of H-pyrrole nitrogens is 2. The molecule has 0 aliphatic rings. The highest BCUT2D eigenvalue weighted by Crippen LogP contribution is 1.94. The van der Waals surface area contributed by atoms with Gasteiger partial charge in [-0.2, -0.15) is 0 Å². The van der Waals surface area contributed by atoms with Crippen molar-refractivity contribution in [3.63, 3.8) is 0 Å². The van der Waals surface area contributed by atoms with Gasteiger partial charge >= 0.3 is 0 Å². The van der Waals surface area contributed by atoms with Crippen molar-refractivity contribution in [1.82, 2.24) is 9.97 Å². The standard InChI is InChI=1S/2C6H7NS/c1-5-2-3-6(8)7-4-5;1-5-3-2-4-7-6(5)8/h2*2-4H,1H3,(H,7,8). The molecule has 2 aromatic heterocycles. The first-order valence-corrected chi connectivity index (χ1v) is 5.71. The van der Waals surface area contributed by atoms with Crippen molar-refractivity contribution in [2.24, 2.45) is 0 Å². The van der Waals surface area contributed by atoms with Crippen LogP contribution in [0.3, 0.4) is 0 Å². The van der Waals surface area contributed by atoms with Crippen molar-refractivity contribution in [1.29, 1.82) is 0 Å². The fraction of sp³-hybridized carbons (Fsp3) is 0.167. The van der Waals surface area contributed by atoms with Gasteiger partial charge in [0.2, 0.25) is 0 Å². The molecule has 0 aliphatic carbocycles. The second kappa shape index (κ2) is 6.35. The average Bonchev–Trinajstić information content (AvgIpc) is 2.28. The van der Waals surface area contributed by atoms with E-state index in [2.05, 4.69) is 9.97 Å². The minimum Gasteiger partial charge on any atom is -0.353 e. The quantitative estimate of drug-likeness (QED) is 0.690. The van der Waals surface area contributed by atoms with Gasteiger partial charge in [-0.25, -0.2) is 0 Å². The van der Waals surface area contributed by atoms with Gasteiger partial charge in [-0.15, -0.1) is 0 Å². The Morgan fingerprint density at radius 3 is 2.12 bits per heavy atom. The van der Waals surface area contributed by atoms with Gasteiger partial charge in [-0.1, -0.05) is 36.6 Å².